The van der Waals surface area contributed by atoms with Crippen molar-refractivity contribution in [2.75, 3.05) is 19.6 Å². The van der Waals surface area contributed by atoms with Gasteiger partial charge in [-0.15, -0.1) is 0 Å². The molecule has 7 rings (SSSR count). The number of fused-ring (bicyclic) bond motifs is 8. The maximum atomic E-state index is 5.39. The van der Waals surface area contributed by atoms with Gasteiger partial charge in [-0.25, -0.2) is 9.97 Å². The molecule has 5 heterocycles. The molecule has 5 aromatic rings. The first-order valence-corrected chi connectivity index (χ1v) is 18.1. The van der Waals surface area contributed by atoms with Crippen molar-refractivity contribution in [1.29, 1.82) is 0 Å². The fraction of sp³-hybridized carbons (Fsp3) is 0.273. The molecule has 3 aromatic heterocycles. The fourth-order valence-corrected chi connectivity index (χ4v) is 7.20. The van der Waals surface area contributed by atoms with E-state index in [1.165, 1.54) is 11.1 Å². The number of nitrogens with zero attached hydrogens (tertiary/aromatic N) is 3. The van der Waals surface area contributed by atoms with E-state index in [0.717, 1.165) is 125 Å². The molecule has 0 aliphatic carbocycles. The van der Waals surface area contributed by atoms with E-state index in [9.17, 15) is 0 Å². The van der Waals surface area contributed by atoms with Crippen LogP contribution in [0.1, 0.15) is 80.4 Å². The van der Waals surface area contributed by atoms with Gasteiger partial charge in [-0.3, -0.25) is 0 Å². The standard InChI is InChI=1S/C44H47N5/c1-4-7-20-33-35-22-26-39(45-35)43(31-16-10-8-11-17-31)41-28-24-37(47-41)34(21-14-15-30-49(5-2)6-3)38-25-29-42(48-38)44(32-18-12-9-13-19-32)40-27-23-36(33)46-40/h8-13,16-19,22-29,45-46H,4-7,14-15,20-21,30H2,1-3H3. The normalized spacial score (nSPS) is 12.3. The van der Waals surface area contributed by atoms with Crippen LogP contribution in [0.5, 0.6) is 0 Å². The van der Waals surface area contributed by atoms with E-state index >= 15 is 0 Å². The number of unbranched alkanes of at least 4 members (excludes halogenated alkanes) is 2. The number of hydrogen-bond acceptors (Lipinski definition) is 3. The van der Waals surface area contributed by atoms with Crippen molar-refractivity contribution in [3.8, 4) is 22.3 Å². The summed E-state index contributed by atoms with van der Waals surface area (Å²) < 4.78 is 0. The zero-order chi connectivity index (χ0) is 33.6. The molecular weight excluding hydrogens is 599 g/mol. The topological polar surface area (TPSA) is 60.6 Å². The number of rotatable bonds is 12. The van der Waals surface area contributed by atoms with Gasteiger partial charge in [0.25, 0.3) is 0 Å². The third-order valence-corrected chi connectivity index (χ3v) is 9.92. The largest absolute Gasteiger partial charge is 0.355 e. The van der Waals surface area contributed by atoms with Gasteiger partial charge in [0.1, 0.15) is 0 Å². The minimum atomic E-state index is 0.921. The van der Waals surface area contributed by atoms with Crippen LogP contribution >= 0.6 is 0 Å². The molecule has 0 saturated carbocycles. The Bertz CT molecular complexity index is 1990. The molecule has 8 bridgehead atoms. The van der Waals surface area contributed by atoms with Gasteiger partial charge in [0.2, 0.25) is 0 Å². The summed E-state index contributed by atoms with van der Waals surface area (Å²) in [5.74, 6) is 0. The third kappa shape index (κ3) is 6.95. The number of benzene rings is 2. The number of aromatic amines is 2. The molecule has 2 aliphatic heterocycles. The lowest BCUT2D eigenvalue weighted by molar-refractivity contribution is 0.297. The smallest absolute Gasteiger partial charge is 0.0737 e. The van der Waals surface area contributed by atoms with Crippen LogP contribution in [0.25, 0.3) is 68.6 Å². The summed E-state index contributed by atoms with van der Waals surface area (Å²) in [6, 6.07) is 30.3. The van der Waals surface area contributed by atoms with Crippen LogP contribution in [0.15, 0.2) is 84.9 Å². The summed E-state index contributed by atoms with van der Waals surface area (Å²) >= 11 is 0. The van der Waals surface area contributed by atoms with Gasteiger partial charge in [-0.1, -0.05) is 87.9 Å². The van der Waals surface area contributed by atoms with Crippen LogP contribution in [0.4, 0.5) is 0 Å². The van der Waals surface area contributed by atoms with E-state index < -0.39 is 0 Å². The van der Waals surface area contributed by atoms with Gasteiger partial charge in [0.05, 0.1) is 22.8 Å². The first-order chi connectivity index (χ1) is 24.2. The first kappa shape index (κ1) is 32.5. The van der Waals surface area contributed by atoms with E-state index in [2.05, 4.69) is 145 Å². The number of hydrogen-bond donors (Lipinski definition) is 2. The highest BCUT2D eigenvalue weighted by atomic mass is 15.1. The minimum Gasteiger partial charge on any atom is -0.355 e. The maximum absolute atomic E-state index is 5.39. The molecule has 0 radical (unpaired) electrons. The van der Waals surface area contributed by atoms with Crippen molar-refractivity contribution in [2.45, 2.75) is 59.3 Å². The molecule has 2 aliphatic rings. The Morgan fingerprint density at radius 3 is 1.45 bits per heavy atom. The Kier molecular flexibility index (Phi) is 9.99. The Hall–Kier alpha value is -5.00. The first-order valence-electron chi connectivity index (χ1n) is 18.1. The summed E-state index contributed by atoms with van der Waals surface area (Å²) in [5, 5.41) is 0. The molecule has 0 fully saturated rings. The van der Waals surface area contributed by atoms with Crippen LogP contribution in [0, 0.1) is 0 Å². The molecule has 0 unspecified atom stereocenters. The monoisotopic (exact) mass is 645 g/mol. The van der Waals surface area contributed by atoms with Crippen molar-refractivity contribution in [1.82, 2.24) is 24.8 Å². The highest BCUT2D eigenvalue weighted by Crippen LogP contribution is 2.34. The Balaban J connectivity index is 1.53. The quantitative estimate of drug-likeness (QED) is 0.130. The van der Waals surface area contributed by atoms with Gasteiger partial charge in [0.15, 0.2) is 0 Å². The van der Waals surface area contributed by atoms with Crippen LogP contribution in [0.2, 0.25) is 0 Å². The van der Waals surface area contributed by atoms with Crippen molar-refractivity contribution in [2.24, 2.45) is 0 Å². The van der Waals surface area contributed by atoms with E-state index in [1.54, 1.807) is 0 Å². The lowest BCUT2D eigenvalue weighted by Gasteiger charge is -2.17. The van der Waals surface area contributed by atoms with Crippen LogP contribution in [-0.4, -0.2) is 44.5 Å². The lowest BCUT2D eigenvalue weighted by Crippen LogP contribution is -2.24. The summed E-state index contributed by atoms with van der Waals surface area (Å²) in [4.78, 5) is 21.0. The summed E-state index contributed by atoms with van der Waals surface area (Å²) in [5.41, 5.74) is 15.4. The number of H-pyrrole nitrogens is 2. The summed E-state index contributed by atoms with van der Waals surface area (Å²) in [6.07, 6.45) is 15.1. The third-order valence-electron chi connectivity index (χ3n) is 9.92. The fourth-order valence-electron chi connectivity index (χ4n) is 7.20. The molecule has 248 valence electrons. The zero-order valence-corrected chi connectivity index (χ0v) is 29.1. The molecule has 49 heavy (non-hydrogen) atoms. The van der Waals surface area contributed by atoms with Crippen LogP contribution in [-0.2, 0) is 12.8 Å². The second-order valence-corrected chi connectivity index (χ2v) is 13.0. The Labute approximate surface area is 290 Å². The lowest BCUT2D eigenvalue weighted by atomic mass is 10.0. The average molecular weight is 646 g/mol. The van der Waals surface area contributed by atoms with E-state index in [-0.39, 0.29) is 0 Å². The molecule has 2 N–H and O–H groups in total. The molecule has 0 amide bonds. The summed E-state index contributed by atoms with van der Waals surface area (Å²) in [7, 11) is 0. The molecular formula is C44H47N5. The van der Waals surface area contributed by atoms with Gasteiger partial charge >= 0.3 is 0 Å². The second-order valence-electron chi connectivity index (χ2n) is 13.0. The number of aromatic nitrogens is 4. The van der Waals surface area contributed by atoms with Crippen molar-refractivity contribution >= 4 is 46.4 Å². The van der Waals surface area contributed by atoms with Crippen molar-refractivity contribution in [3.05, 3.63) is 119 Å². The molecule has 2 aromatic carbocycles. The Morgan fingerprint density at radius 2 is 0.959 bits per heavy atom. The highest BCUT2D eigenvalue weighted by molar-refractivity contribution is 5.94. The molecule has 0 atom stereocenters. The number of nitrogens with one attached hydrogen (secondary N) is 2. The van der Waals surface area contributed by atoms with E-state index in [4.69, 9.17) is 9.97 Å². The molecule has 5 nitrogen and oxygen atoms in total. The summed E-state index contributed by atoms with van der Waals surface area (Å²) in [6.45, 7) is 10.0. The number of aryl methyl sites for hydroxylation is 1. The van der Waals surface area contributed by atoms with Gasteiger partial charge in [0, 0.05) is 38.8 Å². The predicted molar refractivity (Wildman–Crippen MR) is 209 cm³/mol. The van der Waals surface area contributed by atoms with E-state index in [0.29, 0.717) is 0 Å². The maximum Gasteiger partial charge on any atom is 0.0737 e. The second kappa shape index (κ2) is 15.0. The Morgan fingerprint density at radius 1 is 0.490 bits per heavy atom. The average Bonchev–Trinajstić information content (AvgIpc) is 3.98. The molecule has 5 heteroatoms. The van der Waals surface area contributed by atoms with Crippen molar-refractivity contribution in [3.63, 3.8) is 0 Å². The van der Waals surface area contributed by atoms with Gasteiger partial charge in [-0.2, -0.15) is 0 Å². The van der Waals surface area contributed by atoms with Gasteiger partial charge in [-0.05, 0) is 117 Å². The SMILES string of the molecule is CCCCc1c2ccc([nH]2)c(-c2ccccc2)c2nc(c(CCCCN(CC)CC)c3nc(c(-c4ccccc4)c4ccc1[nH]4)C=C3)C=C2. The van der Waals surface area contributed by atoms with Crippen molar-refractivity contribution < 1.29 is 0 Å². The van der Waals surface area contributed by atoms with E-state index in [1.807, 2.05) is 0 Å². The predicted octanol–water partition coefficient (Wildman–Crippen LogP) is 11.0. The zero-order valence-electron chi connectivity index (χ0n) is 29.1. The highest BCUT2D eigenvalue weighted by Gasteiger charge is 2.18. The van der Waals surface area contributed by atoms with Crippen LogP contribution < -0.4 is 0 Å². The van der Waals surface area contributed by atoms with Crippen LogP contribution in [0.3, 0.4) is 0 Å². The molecule has 0 saturated heterocycles. The van der Waals surface area contributed by atoms with Gasteiger partial charge < -0.3 is 14.9 Å². The molecule has 0 spiro atoms. The minimum absolute atomic E-state index is 0.921.